The Morgan fingerprint density at radius 1 is 1.67 bits per heavy atom. The second-order valence-corrected chi connectivity index (χ2v) is 2.84. The van der Waals surface area contributed by atoms with Crippen LogP contribution in [0.5, 0.6) is 0 Å². The number of carbonyl (C=O) groups excluding carboxylic acids is 2. The Morgan fingerprint density at radius 3 is 2.83 bits per heavy atom. The molecule has 12 heavy (non-hydrogen) atoms. The largest absolute Gasteiger partial charge is 0.370 e. The molecular formula is C8H12N2O2. The maximum absolute atomic E-state index is 11.0. The zero-order valence-electron chi connectivity index (χ0n) is 6.99. The van der Waals surface area contributed by atoms with Crippen LogP contribution in [0.25, 0.3) is 0 Å². The van der Waals surface area contributed by atoms with Gasteiger partial charge < -0.3 is 10.6 Å². The molecule has 4 heteroatoms. The molecule has 1 rings (SSSR count). The Morgan fingerprint density at radius 2 is 2.33 bits per heavy atom. The van der Waals surface area contributed by atoms with E-state index in [1.807, 2.05) is 12.2 Å². The molecule has 0 unspecified atom stereocenters. The summed E-state index contributed by atoms with van der Waals surface area (Å²) in [4.78, 5) is 23.2. The molecule has 0 fully saturated rings. The van der Waals surface area contributed by atoms with Crippen molar-refractivity contribution >= 4 is 11.8 Å². The summed E-state index contributed by atoms with van der Waals surface area (Å²) in [6.07, 6.45) is 3.93. The molecule has 66 valence electrons. The minimum Gasteiger partial charge on any atom is -0.370 e. The molecule has 2 N–H and O–H groups in total. The first-order chi connectivity index (χ1) is 5.61. The van der Waals surface area contributed by atoms with Crippen LogP contribution in [0.4, 0.5) is 0 Å². The van der Waals surface area contributed by atoms with E-state index in [1.54, 1.807) is 4.90 Å². The number of hydrogen-bond acceptors (Lipinski definition) is 2. The summed E-state index contributed by atoms with van der Waals surface area (Å²) in [7, 11) is 0. The molecule has 0 saturated heterocycles. The van der Waals surface area contributed by atoms with Gasteiger partial charge in [-0.1, -0.05) is 12.2 Å². The molecule has 4 nitrogen and oxygen atoms in total. The molecule has 0 saturated carbocycles. The predicted molar refractivity (Wildman–Crippen MR) is 44.1 cm³/mol. The maximum Gasteiger partial charge on any atom is 0.220 e. The molecule has 0 aliphatic carbocycles. The lowest BCUT2D eigenvalue weighted by Gasteiger charge is -2.21. The molecule has 1 aliphatic heterocycles. The van der Waals surface area contributed by atoms with Crippen molar-refractivity contribution in [3.63, 3.8) is 0 Å². The third-order valence-electron chi connectivity index (χ3n) is 1.88. The van der Waals surface area contributed by atoms with Gasteiger partial charge in [0.15, 0.2) is 0 Å². The van der Waals surface area contributed by atoms with Crippen LogP contribution >= 0.6 is 0 Å². The van der Waals surface area contributed by atoms with E-state index in [1.165, 1.54) is 6.92 Å². The predicted octanol–water partition coefficient (Wildman–Crippen LogP) is -0.351. The van der Waals surface area contributed by atoms with Gasteiger partial charge in [0, 0.05) is 13.5 Å². The van der Waals surface area contributed by atoms with Crippen molar-refractivity contribution in [1.82, 2.24) is 4.90 Å². The van der Waals surface area contributed by atoms with E-state index in [-0.39, 0.29) is 24.3 Å². The van der Waals surface area contributed by atoms with Gasteiger partial charge in [-0.2, -0.15) is 0 Å². The monoisotopic (exact) mass is 168 g/mol. The smallest absolute Gasteiger partial charge is 0.220 e. The highest BCUT2D eigenvalue weighted by molar-refractivity contribution is 5.78. The number of primary amides is 1. The first-order valence-electron chi connectivity index (χ1n) is 3.83. The van der Waals surface area contributed by atoms with Crippen molar-refractivity contribution in [2.75, 3.05) is 6.54 Å². The standard InChI is InChI=1S/C8H12N2O2/c1-6(11)10-4-2-3-7(10)5-8(9)12/h2-3,7H,4-5H2,1H3,(H2,9,12)/t7-/m0/s1. The van der Waals surface area contributed by atoms with Crippen LogP contribution in [-0.2, 0) is 9.59 Å². The fourth-order valence-corrected chi connectivity index (χ4v) is 1.32. The lowest BCUT2D eigenvalue weighted by Crippen LogP contribution is -2.36. The Kier molecular flexibility index (Phi) is 2.47. The Bertz CT molecular complexity index is 235. The van der Waals surface area contributed by atoms with Crippen LogP contribution < -0.4 is 5.73 Å². The minimum atomic E-state index is -0.377. The minimum absolute atomic E-state index is 0.0220. The van der Waals surface area contributed by atoms with Gasteiger partial charge >= 0.3 is 0 Å². The van der Waals surface area contributed by atoms with E-state index < -0.39 is 0 Å². The van der Waals surface area contributed by atoms with Gasteiger partial charge in [0.2, 0.25) is 11.8 Å². The van der Waals surface area contributed by atoms with Crippen molar-refractivity contribution in [2.45, 2.75) is 19.4 Å². The lowest BCUT2D eigenvalue weighted by atomic mass is 10.2. The van der Waals surface area contributed by atoms with Gasteiger partial charge in [0.1, 0.15) is 0 Å². The fourth-order valence-electron chi connectivity index (χ4n) is 1.32. The van der Waals surface area contributed by atoms with Gasteiger partial charge in [-0.3, -0.25) is 9.59 Å². The van der Waals surface area contributed by atoms with Crippen molar-refractivity contribution in [3.8, 4) is 0 Å². The lowest BCUT2D eigenvalue weighted by molar-refractivity contribution is -0.130. The topological polar surface area (TPSA) is 63.4 Å². The summed E-state index contributed by atoms with van der Waals surface area (Å²) in [5, 5.41) is 0. The van der Waals surface area contributed by atoms with E-state index >= 15 is 0 Å². The molecule has 0 aromatic carbocycles. The summed E-state index contributed by atoms with van der Waals surface area (Å²) >= 11 is 0. The molecule has 0 aromatic heterocycles. The Hall–Kier alpha value is -1.32. The number of amides is 2. The second kappa shape index (κ2) is 3.38. The summed E-state index contributed by atoms with van der Waals surface area (Å²) in [5.41, 5.74) is 5.02. The zero-order valence-corrected chi connectivity index (χ0v) is 6.99. The highest BCUT2D eigenvalue weighted by atomic mass is 16.2. The first-order valence-corrected chi connectivity index (χ1v) is 3.83. The van der Waals surface area contributed by atoms with Crippen molar-refractivity contribution in [2.24, 2.45) is 5.73 Å². The zero-order chi connectivity index (χ0) is 9.14. The Balaban J connectivity index is 2.57. The van der Waals surface area contributed by atoms with Crippen LogP contribution in [0.3, 0.4) is 0 Å². The number of nitrogens with zero attached hydrogens (tertiary/aromatic N) is 1. The van der Waals surface area contributed by atoms with Gasteiger partial charge in [0.05, 0.1) is 12.5 Å². The van der Waals surface area contributed by atoms with Gasteiger partial charge in [-0.05, 0) is 0 Å². The van der Waals surface area contributed by atoms with Crippen LogP contribution in [0.15, 0.2) is 12.2 Å². The molecule has 0 radical (unpaired) electrons. The van der Waals surface area contributed by atoms with Crippen LogP contribution in [0.1, 0.15) is 13.3 Å². The van der Waals surface area contributed by atoms with Crippen LogP contribution in [0.2, 0.25) is 0 Å². The fraction of sp³-hybridized carbons (Fsp3) is 0.500. The molecule has 1 atom stereocenters. The quantitative estimate of drug-likeness (QED) is 0.573. The van der Waals surface area contributed by atoms with Crippen molar-refractivity contribution < 1.29 is 9.59 Å². The summed E-state index contributed by atoms with van der Waals surface area (Å²) in [6.45, 7) is 2.08. The van der Waals surface area contributed by atoms with Gasteiger partial charge in [-0.25, -0.2) is 0 Å². The van der Waals surface area contributed by atoms with Crippen molar-refractivity contribution in [3.05, 3.63) is 12.2 Å². The van der Waals surface area contributed by atoms with Crippen LogP contribution in [0, 0.1) is 0 Å². The van der Waals surface area contributed by atoms with E-state index in [4.69, 9.17) is 5.73 Å². The third kappa shape index (κ3) is 1.84. The molecule has 0 bridgehead atoms. The maximum atomic E-state index is 11.0. The number of nitrogens with two attached hydrogens (primary N) is 1. The Labute approximate surface area is 71.0 Å². The third-order valence-corrected chi connectivity index (χ3v) is 1.88. The molecule has 0 aromatic rings. The number of carbonyl (C=O) groups is 2. The highest BCUT2D eigenvalue weighted by Gasteiger charge is 2.22. The van der Waals surface area contributed by atoms with E-state index in [9.17, 15) is 9.59 Å². The average Bonchev–Trinajstić information content (AvgIpc) is 2.33. The highest BCUT2D eigenvalue weighted by Crippen LogP contribution is 2.12. The van der Waals surface area contributed by atoms with Crippen LogP contribution in [-0.4, -0.2) is 29.3 Å². The molecular weight excluding hydrogens is 156 g/mol. The van der Waals surface area contributed by atoms with Crippen molar-refractivity contribution in [1.29, 1.82) is 0 Å². The van der Waals surface area contributed by atoms with E-state index in [0.29, 0.717) is 6.54 Å². The number of hydrogen-bond donors (Lipinski definition) is 1. The summed E-state index contributed by atoms with van der Waals surface area (Å²) in [5.74, 6) is -0.399. The summed E-state index contributed by atoms with van der Waals surface area (Å²) < 4.78 is 0. The van der Waals surface area contributed by atoms with Gasteiger partial charge in [-0.15, -0.1) is 0 Å². The molecule has 1 aliphatic rings. The average molecular weight is 168 g/mol. The van der Waals surface area contributed by atoms with E-state index in [0.717, 1.165) is 0 Å². The summed E-state index contributed by atoms with van der Waals surface area (Å²) in [6, 6.07) is -0.125. The number of rotatable bonds is 2. The SMILES string of the molecule is CC(=O)N1CC=C[C@H]1CC(N)=O. The normalized spacial score (nSPS) is 21.4. The second-order valence-electron chi connectivity index (χ2n) is 2.84. The first kappa shape index (κ1) is 8.77. The van der Waals surface area contributed by atoms with E-state index in [2.05, 4.69) is 0 Å². The molecule has 0 spiro atoms. The molecule has 2 amide bonds. The molecule has 1 heterocycles. The van der Waals surface area contributed by atoms with Gasteiger partial charge in [0.25, 0.3) is 0 Å².